The van der Waals surface area contributed by atoms with Crippen LogP contribution < -0.4 is 10.1 Å². The van der Waals surface area contributed by atoms with Crippen molar-refractivity contribution in [2.45, 2.75) is 25.3 Å². The topological polar surface area (TPSA) is 59.4 Å². The first-order valence-corrected chi connectivity index (χ1v) is 8.78. The zero-order valence-corrected chi connectivity index (χ0v) is 16.2. The lowest BCUT2D eigenvalue weighted by Gasteiger charge is -2.39. The monoisotopic (exact) mass is 378 g/mol. The number of nitrogens with one attached hydrogen (secondary N) is 1. The van der Waals surface area contributed by atoms with E-state index in [1.54, 1.807) is 11.1 Å². The molecule has 3 rings (SSSR count). The number of carbonyl (C=O) groups excluding carboxylic acids is 1. The SMILES string of the molecule is Cc1ccccc1OCCN(C)C(=O)C1(n2cccn2)CCNCC1.Cl. The molecule has 1 fully saturated rings. The van der Waals surface area contributed by atoms with Gasteiger partial charge in [-0.3, -0.25) is 9.48 Å². The van der Waals surface area contributed by atoms with Crippen molar-refractivity contribution in [2.24, 2.45) is 0 Å². The Balaban J connectivity index is 0.00000243. The highest BCUT2D eigenvalue weighted by molar-refractivity contribution is 5.85. The number of halogens is 1. The standard InChI is InChI=1S/C19H26N4O2.ClH/c1-16-6-3-4-7-17(16)25-15-14-22(2)18(24)19(8-11-20-12-9-19)23-13-5-10-21-23;/h3-7,10,13,20H,8-9,11-12,14-15H2,1-2H3;1H. The Morgan fingerprint density at radius 3 is 2.69 bits per heavy atom. The number of nitrogens with zero attached hydrogens (tertiary/aromatic N) is 3. The highest BCUT2D eigenvalue weighted by atomic mass is 35.5. The van der Waals surface area contributed by atoms with Gasteiger partial charge in [0.2, 0.25) is 0 Å². The Morgan fingerprint density at radius 2 is 2.04 bits per heavy atom. The van der Waals surface area contributed by atoms with Crippen LogP contribution in [0.5, 0.6) is 5.75 Å². The van der Waals surface area contributed by atoms with Crippen molar-refractivity contribution in [1.29, 1.82) is 0 Å². The quantitative estimate of drug-likeness (QED) is 0.837. The van der Waals surface area contributed by atoms with Crippen LogP contribution in [0.25, 0.3) is 0 Å². The Kier molecular flexibility index (Phi) is 7.06. The van der Waals surface area contributed by atoms with Gasteiger partial charge >= 0.3 is 0 Å². The smallest absolute Gasteiger partial charge is 0.250 e. The first kappa shape index (κ1) is 20.3. The molecule has 0 spiro atoms. The summed E-state index contributed by atoms with van der Waals surface area (Å²) in [6.45, 7) is 4.67. The van der Waals surface area contributed by atoms with Crippen molar-refractivity contribution in [1.82, 2.24) is 20.0 Å². The minimum Gasteiger partial charge on any atom is -0.491 e. The van der Waals surface area contributed by atoms with Gasteiger partial charge in [0.05, 0.1) is 6.54 Å². The number of rotatable bonds is 6. The van der Waals surface area contributed by atoms with Gasteiger partial charge in [-0.25, -0.2) is 0 Å². The fraction of sp³-hybridized carbons (Fsp3) is 0.474. The molecule has 1 aliphatic rings. The van der Waals surface area contributed by atoms with Gasteiger partial charge in [0.15, 0.2) is 0 Å². The predicted octanol–water partition coefficient (Wildman–Crippen LogP) is 2.23. The van der Waals surface area contributed by atoms with Gasteiger partial charge in [-0.1, -0.05) is 18.2 Å². The Labute approximate surface area is 160 Å². The van der Waals surface area contributed by atoms with Gasteiger partial charge in [0, 0.05) is 19.4 Å². The minimum absolute atomic E-state index is 0. The van der Waals surface area contributed by atoms with Crippen molar-refractivity contribution in [3.63, 3.8) is 0 Å². The normalized spacial score (nSPS) is 15.8. The first-order chi connectivity index (χ1) is 12.1. The van der Waals surface area contributed by atoms with E-state index in [4.69, 9.17) is 4.74 Å². The molecule has 0 unspecified atom stereocenters. The predicted molar refractivity (Wildman–Crippen MR) is 104 cm³/mol. The molecule has 0 aliphatic carbocycles. The molecule has 1 aliphatic heterocycles. The molecule has 2 heterocycles. The number of ether oxygens (including phenoxy) is 1. The lowest BCUT2D eigenvalue weighted by molar-refractivity contribution is -0.142. The first-order valence-electron chi connectivity index (χ1n) is 8.78. The third kappa shape index (κ3) is 4.19. The zero-order valence-electron chi connectivity index (χ0n) is 15.4. The highest BCUT2D eigenvalue weighted by Crippen LogP contribution is 2.29. The maximum absolute atomic E-state index is 13.2. The summed E-state index contributed by atoms with van der Waals surface area (Å²) >= 11 is 0. The van der Waals surface area contributed by atoms with E-state index < -0.39 is 5.54 Å². The van der Waals surface area contributed by atoms with E-state index in [0.717, 1.165) is 37.2 Å². The molecule has 0 atom stereocenters. The summed E-state index contributed by atoms with van der Waals surface area (Å²) in [5.41, 5.74) is 0.509. The lowest BCUT2D eigenvalue weighted by Crippen LogP contribution is -2.55. The molecule has 6 nitrogen and oxygen atoms in total. The van der Waals surface area contributed by atoms with E-state index in [9.17, 15) is 4.79 Å². The van der Waals surface area contributed by atoms with Gasteiger partial charge in [-0.15, -0.1) is 12.4 Å². The van der Waals surface area contributed by atoms with Crippen molar-refractivity contribution >= 4 is 18.3 Å². The van der Waals surface area contributed by atoms with Crippen LogP contribution in [0.4, 0.5) is 0 Å². The van der Waals surface area contributed by atoms with Crippen molar-refractivity contribution in [2.75, 3.05) is 33.3 Å². The summed E-state index contributed by atoms with van der Waals surface area (Å²) in [5.74, 6) is 0.970. The van der Waals surface area contributed by atoms with Crippen LogP contribution in [0.1, 0.15) is 18.4 Å². The number of piperidine rings is 1. The second-order valence-corrected chi connectivity index (χ2v) is 6.57. The lowest BCUT2D eigenvalue weighted by atomic mass is 9.87. The largest absolute Gasteiger partial charge is 0.491 e. The summed E-state index contributed by atoms with van der Waals surface area (Å²) in [6.07, 6.45) is 5.12. The van der Waals surface area contributed by atoms with Gasteiger partial charge < -0.3 is 15.0 Å². The average molecular weight is 379 g/mol. The minimum atomic E-state index is -0.591. The summed E-state index contributed by atoms with van der Waals surface area (Å²) in [7, 11) is 1.84. The maximum Gasteiger partial charge on any atom is 0.250 e. The Bertz CT molecular complexity index is 699. The van der Waals surface area contributed by atoms with E-state index in [0.29, 0.717) is 13.2 Å². The summed E-state index contributed by atoms with van der Waals surface area (Å²) in [5, 5.41) is 7.69. The van der Waals surface area contributed by atoms with Crippen LogP contribution in [-0.4, -0.2) is 53.9 Å². The van der Waals surface area contributed by atoms with E-state index in [-0.39, 0.29) is 18.3 Å². The van der Waals surface area contributed by atoms with Crippen LogP contribution in [0, 0.1) is 6.92 Å². The molecule has 26 heavy (non-hydrogen) atoms. The van der Waals surface area contributed by atoms with Crippen molar-refractivity contribution < 1.29 is 9.53 Å². The van der Waals surface area contributed by atoms with Gasteiger partial charge in [-0.05, 0) is 50.6 Å². The number of carbonyl (C=O) groups is 1. The Morgan fingerprint density at radius 1 is 1.31 bits per heavy atom. The molecular weight excluding hydrogens is 352 g/mol. The number of benzene rings is 1. The second-order valence-electron chi connectivity index (χ2n) is 6.57. The average Bonchev–Trinajstić information content (AvgIpc) is 3.18. The highest BCUT2D eigenvalue weighted by Gasteiger charge is 2.43. The number of likely N-dealkylation sites (N-methyl/N-ethyl adjacent to an activating group) is 1. The van der Waals surface area contributed by atoms with Crippen molar-refractivity contribution in [3.05, 3.63) is 48.3 Å². The number of hydrogen-bond donors (Lipinski definition) is 1. The molecule has 2 aromatic rings. The molecule has 1 saturated heterocycles. The summed E-state index contributed by atoms with van der Waals surface area (Å²) < 4.78 is 7.67. The molecule has 0 saturated carbocycles. The van der Waals surface area contributed by atoms with Crippen LogP contribution in [0.2, 0.25) is 0 Å². The molecule has 0 radical (unpaired) electrons. The number of aryl methyl sites for hydroxylation is 1. The molecular formula is C19H27ClN4O2. The number of hydrogen-bond acceptors (Lipinski definition) is 4. The summed E-state index contributed by atoms with van der Waals surface area (Å²) in [4.78, 5) is 15.0. The van der Waals surface area contributed by atoms with E-state index >= 15 is 0 Å². The van der Waals surface area contributed by atoms with Crippen molar-refractivity contribution in [3.8, 4) is 5.75 Å². The molecule has 1 aromatic carbocycles. The van der Waals surface area contributed by atoms with Gasteiger partial charge in [0.25, 0.3) is 5.91 Å². The van der Waals surface area contributed by atoms with Gasteiger partial charge in [-0.2, -0.15) is 5.10 Å². The molecule has 0 bridgehead atoms. The van der Waals surface area contributed by atoms with Crippen LogP contribution in [0.15, 0.2) is 42.7 Å². The number of aromatic nitrogens is 2. The fourth-order valence-electron chi connectivity index (χ4n) is 3.37. The maximum atomic E-state index is 13.2. The third-order valence-electron chi connectivity index (χ3n) is 4.90. The van der Waals surface area contributed by atoms with Crippen LogP contribution >= 0.6 is 12.4 Å². The third-order valence-corrected chi connectivity index (χ3v) is 4.90. The van der Waals surface area contributed by atoms with E-state index in [1.807, 2.05) is 55.2 Å². The summed E-state index contributed by atoms with van der Waals surface area (Å²) in [6, 6.07) is 9.79. The molecule has 142 valence electrons. The van der Waals surface area contributed by atoms with Crippen LogP contribution in [-0.2, 0) is 10.3 Å². The van der Waals surface area contributed by atoms with Gasteiger partial charge in [0.1, 0.15) is 17.9 Å². The zero-order chi connectivity index (χ0) is 17.7. The number of amides is 1. The Hall–Kier alpha value is -2.05. The molecule has 1 amide bonds. The second kappa shape index (κ2) is 9.05. The van der Waals surface area contributed by atoms with Crippen LogP contribution in [0.3, 0.4) is 0 Å². The molecule has 1 aromatic heterocycles. The molecule has 7 heteroatoms. The van der Waals surface area contributed by atoms with E-state index in [1.165, 1.54) is 0 Å². The van der Waals surface area contributed by atoms with E-state index in [2.05, 4.69) is 10.4 Å². The number of para-hydroxylation sites is 1. The molecule has 1 N–H and O–H groups in total. The fourth-order valence-corrected chi connectivity index (χ4v) is 3.37.